The maximum absolute atomic E-state index is 8.32. The number of ether oxygens (including phenoxy) is 1. The molecule has 0 bridgehead atoms. The molecule has 0 aromatic carbocycles. The summed E-state index contributed by atoms with van der Waals surface area (Å²) in [5.74, 6) is 0.614. The SMILES string of the molecule is CCC1OCCC1CNCC#N. The summed E-state index contributed by atoms with van der Waals surface area (Å²) in [4.78, 5) is 0. The van der Waals surface area contributed by atoms with Gasteiger partial charge in [0.1, 0.15) is 0 Å². The summed E-state index contributed by atoms with van der Waals surface area (Å²) in [7, 11) is 0. The van der Waals surface area contributed by atoms with E-state index < -0.39 is 0 Å². The lowest BCUT2D eigenvalue weighted by atomic mass is 10.00. The smallest absolute Gasteiger partial charge is 0.0841 e. The largest absolute Gasteiger partial charge is 0.378 e. The molecule has 0 saturated carbocycles. The monoisotopic (exact) mass is 168 g/mol. The van der Waals surface area contributed by atoms with Crippen LogP contribution in [0.1, 0.15) is 19.8 Å². The van der Waals surface area contributed by atoms with Gasteiger partial charge in [-0.25, -0.2) is 0 Å². The Morgan fingerprint density at radius 1 is 1.67 bits per heavy atom. The van der Waals surface area contributed by atoms with Gasteiger partial charge in [0.2, 0.25) is 0 Å². The van der Waals surface area contributed by atoms with E-state index in [1.165, 1.54) is 0 Å². The van der Waals surface area contributed by atoms with Crippen LogP contribution in [0.2, 0.25) is 0 Å². The molecule has 1 rings (SSSR count). The van der Waals surface area contributed by atoms with Crippen LogP contribution < -0.4 is 5.32 Å². The third-order valence-electron chi connectivity index (χ3n) is 2.36. The molecule has 12 heavy (non-hydrogen) atoms. The summed E-state index contributed by atoms with van der Waals surface area (Å²) in [5.41, 5.74) is 0. The van der Waals surface area contributed by atoms with Gasteiger partial charge in [0.25, 0.3) is 0 Å². The van der Waals surface area contributed by atoms with E-state index in [0.717, 1.165) is 26.0 Å². The summed E-state index contributed by atoms with van der Waals surface area (Å²) >= 11 is 0. The highest BCUT2D eigenvalue weighted by atomic mass is 16.5. The molecule has 1 aliphatic heterocycles. The molecule has 2 unspecified atom stereocenters. The quantitative estimate of drug-likeness (QED) is 0.501. The van der Waals surface area contributed by atoms with E-state index in [9.17, 15) is 0 Å². The van der Waals surface area contributed by atoms with Gasteiger partial charge in [-0.15, -0.1) is 0 Å². The molecular weight excluding hydrogens is 152 g/mol. The number of hydrogen-bond donors (Lipinski definition) is 1. The van der Waals surface area contributed by atoms with Crippen molar-refractivity contribution in [1.82, 2.24) is 5.32 Å². The van der Waals surface area contributed by atoms with Gasteiger partial charge in [0, 0.05) is 13.2 Å². The average Bonchev–Trinajstić information content (AvgIpc) is 2.52. The number of nitrogens with one attached hydrogen (secondary N) is 1. The molecular formula is C9H16N2O. The maximum Gasteiger partial charge on any atom is 0.0841 e. The highest BCUT2D eigenvalue weighted by molar-refractivity contribution is 4.80. The van der Waals surface area contributed by atoms with Crippen molar-refractivity contribution in [2.75, 3.05) is 19.7 Å². The van der Waals surface area contributed by atoms with Gasteiger partial charge >= 0.3 is 0 Å². The van der Waals surface area contributed by atoms with Crippen LogP contribution in [0.4, 0.5) is 0 Å². The van der Waals surface area contributed by atoms with Crippen molar-refractivity contribution >= 4 is 0 Å². The number of nitrogens with zero attached hydrogens (tertiary/aromatic N) is 1. The third kappa shape index (κ3) is 2.47. The zero-order valence-electron chi connectivity index (χ0n) is 7.55. The normalized spacial score (nSPS) is 28.7. The Bertz CT molecular complexity index is 164. The second kappa shape index (κ2) is 5.13. The Hall–Kier alpha value is -0.590. The van der Waals surface area contributed by atoms with E-state index in [1.54, 1.807) is 0 Å². The molecule has 0 aromatic heterocycles. The van der Waals surface area contributed by atoms with Crippen LogP contribution in [0.25, 0.3) is 0 Å². The van der Waals surface area contributed by atoms with Gasteiger partial charge in [0.05, 0.1) is 18.7 Å². The summed E-state index contributed by atoms with van der Waals surface area (Å²) in [6.07, 6.45) is 2.63. The Kier molecular flexibility index (Phi) is 4.06. The first kappa shape index (κ1) is 9.50. The van der Waals surface area contributed by atoms with Crippen LogP contribution in [-0.2, 0) is 4.74 Å². The lowest BCUT2D eigenvalue weighted by Gasteiger charge is -2.15. The Morgan fingerprint density at radius 2 is 2.50 bits per heavy atom. The Morgan fingerprint density at radius 3 is 3.17 bits per heavy atom. The topological polar surface area (TPSA) is 45.0 Å². The molecule has 0 spiro atoms. The molecule has 0 aliphatic carbocycles. The second-order valence-electron chi connectivity index (χ2n) is 3.16. The fourth-order valence-corrected chi connectivity index (χ4v) is 1.69. The lowest BCUT2D eigenvalue weighted by Crippen LogP contribution is -2.28. The first-order chi connectivity index (χ1) is 5.88. The molecule has 1 N–H and O–H groups in total. The van der Waals surface area contributed by atoms with Crippen molar-refractivity contribution < 1.29 is 4.74 Å². The minimum Gasteiger partial charge on any atom is -0.378 e. The van der Waals surface area contributed by atoms with E-state index in [1.807, 2.05) is 0 Å². The fourth-order valence-electron chi connectivity index (χ4n) is 1.69. The summed E-state index contributed by atoms with van der Waals surface area (Å²) in [5, 5.41) is 11.4. The van der Waals surface area contributed by atoms with Crippen molar-refractivity contribution in [2.24, 2.45) is 5.92 Å². The van der Waals surface area contributed by atoms with E-state index in [4.69, 9.17) is 10.00 Å². The van der Waals surface area contributed by atoms with Gasteiger partial charge in [0.15, 0.2) is 0 Å². The van der Waals surface area contributed by atoms with Gasteiger partial charge in [-0.3, -0.25) is 0 Å². The minimum absolute atomic E-state index is 0.413. The van der Waals surface area contributed by atoms with Crippen LogP contribution in [0.5, 0.6) is 0 Å². The van der Waals surface area contributed by atoms with Crippen molar-refractivity contribution in [3.05, 3.63) is 0 Å². The number of hydrogen-bond acceptors (Lipinski definition) is 3. The molecule has 2 atom stereocenters. The predicted molar refractivity (Wildman–Crippen MR) is 46.6 cm³/mol. The van der Waals surface area contributed by atoms with Crippen LogP contribution in [0.3, 0.4) is 0 Å². The van der Waals surface area contributed by atoms with Crippen molar-refractivity contribution in [3.8, 4) is 6.07 Å². The van der Waals surface area contributed by atoms with Gasteiger partial charge in [-0.05, 0) is 18.8 Å². The van der Waals surface area contributed by atoms with E-state index >= 15 is 0 Å². The predicted octanol–water partition coefficient (Wildman–Crippen LogP) is 0.915. The molecule has 3 nitrogen and oxygen atoms in total. The van der Waals surface area contributed by atoms with Crippen LogP contribution >= 0.6 is 0 Å². The second-order valence-corrected chi connectivity index (χ2v) is 3.16. The molecule has 0 radical (unpaired) electrons. The van der Waals surface area contributed by atoms with Crippen LogP contribution in [0, 0.1) is 17.2 Å². The average molecular weight is 168 g/mol. The van der Waals surface area contributed by atoms with Gasteiger partial charge in [-0.2, -0.15) is 5.26 Å². The molecule has 0 amide bonds. The van der Waals surface area contributed by atoms with Crippen molar-refractivity contribution in [2.45, 2.75) is 25.9 Å². The van der Waals surface area contributed by atoms with Crippen molar-refractivity contribution in [1.29, 1.82) is 5.26 Å². The zero-order chi connectivity index (χ0) is 8.81. The molecule has 1 fully saturated rings. The third-order valence-corrected chi connectivity index (χ3v) is 2.36. The maximum atomic E-state index is 8.32. The molecule has 68 valence electrons. The Balaban J connectivity index is 2.18. The molecule has 1 saturated heterocycles. The standard InChI is InChI=1S/C9H16N2O/c1-2-9-8(3-6-12-9)7-11-5-4-10/h8-9,11H,2-3,5-7H2,1H3. The first-order valence-corrected chi connectivity index (χ1v) is 4.57. The van der Waals surface area contributed by atoms with Crippen LogP contribution in [-0.4, -0.2) is 25.8 Å². The minimum atomic E-state index is 0.413. The molecule has 1 heterocycles. The van der Waals surface area contributed by atoms with Crippen molar-refractivity contribution in [3.63, 3.8) is 0 Å². The highest BCUT2D eigenvalue weighted by Crippen LogP contribution is 2.22. The van der Waals surface area contributed by atoms with Gasteiger partial charge < -0.3 is 10.1 Å². The van der Waals surface area contributed by atoms with Gasteiger partial charge in [-0.1, -0.05) is 6.92 Å². The number of nitriles is 1. The molecule has 3 heteroatoms. The summed E-state index contributed by atoms with van der Waals surface area (Å²) < 4.78 is 5.52. The molecule has 0 aromatic rings. The van der Waals surface area contributed by atoms with Crippen LogP contribution in [0.15, 0.2) is 0 Å². The number of rotatable bonds is 4. The summed E-state index contributed by atoms with van der Waals surface area (Å²) in [6.45, 7) is 4.41. The molecule has 1 aliphatic rings. The lowest BCUT2D eigenvalue weighted by molar-refractivity contribution is 0.0875. The summed E-state index contributed by atoms with van der Waals surface area (Å²) in [6, 6.07) is 2.07. The zero-order valence-corrected chi connectivity index (χ0v) is 7.55. The Labute approximate surface area is 73.7 Å². The fraction of sp³-hybridized carbons (Fsp3) is 0.889. The van der Waals surface area contributed by atoms with E-state index in [2.05, 4.69) is 18.3 Å². The van der Waals surface area contributed by atoms with E-state index in [-0.39, 0.29) is 0 Å². The first-order valence-electron chi connectivity index (χ1n) is 4.57. The highest BCUT2D eigenvalue weighted by Gasteiger charge is 2.25. The van der Waals surface area contributed by atoms with E-state index in [0.29, 0.717) is 18.6 Å².